The summed E-state index contributed by atoms with van der Waals surface area (Å²) in [6, 6.07) is 15.2. The summed E-state index contributed by atoms with van der Waals surface area (Å²) in [5.74, 6) is -1.13. The van der Waals surface area contributed by atoms with Gasteiger partial charge in [0.2, 0.25) is 0 Å². The van der Waals surface area contributed by atoms with Gasteiger partial charge < -0.3 is 14.6 Å². The Kier molecular flexibility index (Phi) is 5.75. The molecule has 2 aliphatic rings. The van der Waals surface area contributed by atoms with Crippen LogP contribution in [0.4, 0.5) is 4.79 Å². The summed E-state index contributed by atoms with van der Waals surface area (Å²) in [5.41, 5.74) is 4.05. The third kappa shape index (κ3) is 4.30. The molecule has 31 heavy (non-hydrogen) atoms. The molecule has 1 fully saturated rings. The fourth-order valence-electron chi connectivity index (χ4n) is 4.71. The molecule has 1 aliphatic heterocycles. The van der Waals surface area contributed by atoms with Gasteiger partial charge in [0.15, 0.2) is 6.04 Å². The number of aliphatic carboxylic acids is 1. The Bertz CT molecular complexity index is 934. The minimum Gasteiger partial charge on any atom is -0.480 e. The normalized spacial score (nSPS) is 20.8. The second-order valence-corrected chi connectivity index (χ2v) is 9.19. The lowest BCUT2D eigenvalue weighted by Crippen LogP contribution is -2.57. The first kappa shape index (κ1) is 21.4. The quantitative estimate of drug-likeness (QED) is 0.774. The van der Waals surface area contributed by atoms with Gasteiger partial charge in [-0.1, -0.05) is 48.5 Å². The topological polar surface area (TPSA) is 76.1 Å². The molecule has 0 saturated carbocycles. The predicted molar refractivity (Wildman–Crippen MR) is 117 cm³/mol. The van der Waals surface area contributed by atoms with E-state index in [9.17, 15) is 14.7 Å². The number of benzene rings is 2. The molecule has 1 amide bonds. The van der Waals surface area contributed by atoms with Crippen LogP contribution < -0.4 is 0 Å². The van der Waals surface area contributed by atoms with Crippen LogP contribution in [0.25, 0.3) is 11.1 Å². The first-order valence-electron chi connectivity index (χ1n) is 10.8. The molecule has 1 saturated heterocycles. The van der Waals surface area contributed by atoms with Crippen molar-refractivity contribution in [2.45, 2.75) is 57.3 Å². The van der Waals surface area contributed by atoms with Crippen molar-refractivity contribution in [1.82, 2.24) is 4.90 Å². The van der Waals surface area contributed by atoms with Crippen LogP contribution in [0.2, 0.25) is 0 Å². The van der Waals surface area contributed by atoms with Crippen molar-refractivity contribution in [3.63, 3.8) is 0 Å². The number of hydrogen-bond acceptors (Lipinski definition) is 4. The van der Waals surface area contributed by atoms with Crippen molar-refractivity contribution in [2.24, 2.45) is 0 Å². The number of amides is 1. The van der Waals surface area contributed by atoms with Crippen molar-refractivity contribution < 1.29 is 24.2 Å². The number of fused-ring (bicyclic) bond motifs is 3. The Morgan fingerprint density at radius 1 is 1.03 bits per heavy atom. The summed E-state index contributed by atoms with van der Waals surface area (Å²) < 4.78 is 11.7. The number of ether oxygens (including phenoxy) is 2. The zero-order valence-electron chi connectivity index (χ0n) is 18.2. The number of carboxylic acid groups (broad SMARTS) is 1. The first-order valence-corrected chi connectivity index (χ1v) is 10.8. The van der Waals surface area contributed by atoms with E-state index < -0.39 is 29.8 Å². The van der Waals surface area contributed by atoms with Gasteiger partial charge in [0, 0.05) is 12.5 Å². The molecule has 2 aromatic rings. The first-order chi connectivity index (χ1) is 14.8. The fourth-order valence-corrected chi connectivity index (χ4v) is 4.71. The Hall–Kier alpha value is -2.86. The number of nitrogens with zero attached hydrogens (tertiary/aromatic N) is 1. The van der Waals surface area contributed by atoms with E-state index in [1.54, 1.807) is 0 Å². The average Bonchev–Trinajstić information content (AvgIpc) is 3.04. The predicted octanol–water partition coefficient (Wildman–Crippen LogP) is 4.67. The van der Waals surface area contributed by atoms with Crippen molar-refractivity contribution in [3.8, 4) is 11.1 Å². The van der Waals surface area contributed by atoms with Crippen molar-refractivity contribution >= 4 is 12.1 Å². The number of piperidine rings is 1. The highest BCUT2D eigenvalue weighted by molar-refractivity contribution is 5.82. The minimum absolute atomic E-state index is 0.0639. The molecule has 4 rings (SSSR count). The van der Waals surface area contributed by atoms with E-state index in [-0.39, 0.29) is 12.5 Å². The van der Waals surface area contributed by atoms with Crippen LogP contribution >= 0.6 is 0 Å². The van der Waals surface area contributed by atoms with Crippen molar-refractivity contribution in [1.29, 1.82) is 0 Å². The number of likely N-dealkylation sites (tertiary alicyclic amines) is 1. The van der Waals surface area contributed by atoms with Crippen molar-refractivity contribution in [3.05, 3.63) is 59.7 Å². The third-order valence-corrected chi connectivity index (χ3v) is 5.90. The van der Waals surface area contributed by atoms with Gasteiger partial charge >= 0.3 is 12.1 Å². The Balaban J connectivity index is 1.51. The molecule has 0 unspecified atom stereocenters. The molecule has 6 nitrogen and oxygen atoms in total. The second-order valence-electron chi connectivity index (χ2n) is 9.19. The molecular weight excluding hydrogens is 394 g/mol. The summed E-state index contributed by atoms with van der Waals surface area (Å²) in [5, 5.41) is 9.84. The average molecular weight is 424 g/mol. The molecule has 0 radical (unpaired) electrons. The standard InChI is InChI=1S/C25H29NO5/c1-25(2,3)31-21-13-8-14-26(22(21)23(27)28)24(29)30-15-20-18-11-6-4-9-16(18)17-10-5-7-12-19(17)20/h4-7,9-12,20-22H,8,13-15H2,1-3H3,(H,27,28)/t21-,22-/m0/s1. The van der Waals surface area contributed by atoms with Crippen LogP contribution in [0.15, 0.2) is 48.5 Å². The monoisotopic (exact) mass is 423 g/mol. The summed E-state index contributed by atoms with van der Waals surface area (Å²) in [6.45, 7) is 6.17. The molecule has 1 aliphatic carbocycles. The van der Waals surface area contributed by atoms with Gasteiger partial charge in [0.1, 0.15) is 6.61 Å². The van der Waals surface area contributed by atoms with E-state index in [0.717, 1.165) is 22.3 Å². The molecule has 0 spiro atoms. The molecule has 1 N–H and O–H groups in total. The molecule has 2 aromatic carbocycles. The number of rotatable bonds is 4. The summed E-state index contributed by atoms with van der Waals surface area (Å²) in [7, 11) is 0. The second kappa shape index (κ2) is 8.35. The lowest BCUT2D eigenvalue weighted by atomic mass is 9.97. The molecule has 0 bridgehead atoms. The SMILES string of the molecule is CC(C)(C)O[C@H]1CCCN(C(=O)OCC2c3ccccc3-c3ccccc32)[C@@H]1C(=O)O. The Morgan fingerprint density at radius 2 is 1.61 bits per heavy atom. The van der Waals surface area contributed by atoms with Gasteiger partial charge in [-0.15, -0.1) is 0 Å². The van der Waals surface area contributed by atoms with Crippen LogP contribution in [-0.4, -0.2) is 53.0 Å². The van der Waals surface area contributed by atoms with Crippen molar-refractivity contribution in [2.75, 3.05) is 13.2 Å². The Labute approximate surface area is 182 Å². The van der Waals surface area contributed by atoms with Gasteiger partial charge in [-0.2, -0.15) is 0 Å². The Morgan fingerprint density at radius 3 is 2.16 bits per heavy atom. The number of carbonyl (C=O) groups is 2. The highest BCUT2D eigenvalue weighted by Crippen LogP contribution is 2.44. The van der Waals surface area contributed by atoms with E-state index in [1.807, 2.05) is 45.0 Å². The van der Waals surface area contributed by atoms with Crippen LogP contribution in [0.1, 0.15) is 50.7 Å². The lowest BCUT2D eigenvalue weighted by Gasteiger charge is -2.40. The summed E-state index contributed by atoms with van der Waals surface area (Å²) >= 11 is 0. The zero-order valence-corrected chi connectivity index (χ0v) is 18.2. The maximum absolute atomic E-state index is 13.0. The molecule has 6 heteroatoms. The zero-order chi connectivity index (χ0) is 22.2. The molecule has 0 aromatic heterocycles. The summed E-state index contributed by atoms with van der Waals surface area (Å²) in [6.07, 6.45) is 0.110. The lowest BCUT2D eigenvalue weighted by molar-refractivity contribution is -0.160. The fraction of sp³-hybridized carbons (Fsp3) is 0.440. The van der Waals surface area contributed by atoms with Crippen LogP contribution in [0.5, 0.6) is 0 Å². The largest absolute Gasteiger partial charge is 0.480 e. The number of hydrogen-bond donors (Lipinski definition) is 1. The van der Waals surface area contributed by atoms with E-state index in [0.29, 0.717) is 19.4 Å². The number of carboxylic acids is 1. The van der Waals surface area contributed by atoms with Gasteiger partial charge in [-0.25, -0.2) is 9.59 Å². The number of carbonyl (C=O) groups excluding carboxylic acids is 1. The van der Waals surface area contributed by atoms with Gasteiger partial charge in [0.05, 0.1) is 11.7 Å². The third-order valence-electron chi connectivity index (χ3n) is 5.90. The molecule has 1 heterocycles. The van der Waals surface area contributed by atoms with E-state index in [2.05, 4.69) is 24.3 Å². The van der Waals surface area contributed by atoms with E-state index >= 15 is 0 Å². The maximum atomic E-state index is 13.0. The van der Waals surface area contributed by atoms with E-state index in [1.165, 1.54) is 4.90 Å². The summed E-state index contributed by atoms with van der Waals surface area (Å²) in [4.78, 5) is 26.3. The smallest absolute Gasteiger partial charge is 0.410 e. The van der Waals surface area contributed by atoms with Gasteiger partial charge in [-0.05, 0) is 55.9 Å². The van der Waals surface area contributed by atoms with Gasteiger partial charge in [-0.3, -0.25) is 4.90 Å². The van der Waals surface area contributed by atoms with Crippen LogP contribution in [0.3, 0.4) is 0 Å². The highest BCUT2D eigenvalue weighted by Gasteiger charge is 2.43. The highest BCUT2D eigenvalue weighted by atomic mass is 16.6. The van der Waals surface area contributed by atoms with Gasteiger partial charge in [0.25, 0.3) is 0 Å². The van der Waals surface area contributed by atoms with E-state index in [4.69, 9.17) is 9.47 Å². The molecular formula is C25H29NO5. The van der Waals surface area contributed by atoms with Crippen LogP contribution in [0, 0.1) is 0 Å². The minimum atomic E-state index is -1.07. The molecule has 164 valence electrons. The maximum Gasteiger partial charge on any atom is 0.410 e. The van der Waals surface area contributed by atoms with Crippen LogP contribution in [-0.2, 0) is 14.3 Å². The molecule has 2 atom stereocenters.